The molecule has 2 rings (SSSR count). The Morgan fingerprint density at radius 2 is 2.04 bits per heavy atom. The first-order chi connectivity index (χ1) is 11.4. The number of aryl methyl sites for hydroxylation is 1. The van der Waals surface area contributed by atoms with Gasteiger partial charge in [0.1, 0.15) is 5.82 Å². The van der Waals surface area contributed by atoms with Crippen LogP contribution in [-0.4, -0.2) is 57.2 Å². The number of benzene rings is 1. The number of carbonyl (C=O) groups is 1. The Kier molecular flexibility index (Phi) is 7.15. The zero-order valence-electron chi connectivity index (χ0n) is 13.1. The molecule has 24 heavy (non-hydrogen) atoms. The summed E-state index contributed by atoms with van der Waals surface area (Å²) in [4.78, 5) is 11.8. The van der Waals surface area contributed by atoms with Crippen molar-refractivity contribution >= 4 is 31.9 Å². The summed E-state index contributed by atoms with van der Waals surface area (Å²) in [7, 11) is -3.38. The lowest BCUT2D eigenvalue weighted by molar-refractivity contribution is -0.120. The topological polar surface area (TPSA) is 75.7 Å². The third-order valence-corrected chi connectivity index (χ3v) is 6.05. The summed E-state index contributed by atoms with van der Waals surface area (Å²) in [6.07, 6.45) is 0.372. The fourth-order valence-electron chi connectivity index (χ4n) is 2.33. The first-order valence-corrected chi connectivity index (χ1v) is 10.0. The van der Waals surface area contributed by atoms with Gasteiger partial charge in [-0.15, -0.1) is 0 Å². The molecule has 0 atom stereocenters. The molecule has 0 aromatic heterocycles. The third kappa shape index (κ3) is 5.80. The molecule has 6 nitrogen and oxygen atoms in total. The molecule has 0 saturated carbocycles. The summed E-state index contributed by atoms with van der Waals surface area (Å²) in [6, 6.07) is 4.68. The van der Waals surface area contributed by atoms with E-state index >= 15 is 0 Å². The van der Waals surface area contributed by atoms with E-state index in [1.807, 2.05) is 0 Å². The standard InChI is InChI=1S/C15H20BrFN2O4S/c16-13-3-1-12(14(17)11-13)2-4-15(20)18-5-10-24(21,22)19-6-8-23-9-7-19/h1,3,11H,2,4-10H2,(H,18,20). The molecule has 1 N–H and O–H groups in total. The van der Waals surface area contributed by atoms with Crippen molar-refractivity contribution in [1.29, 1.82) is 0 Å². The van der Waals surface area contributed by atoms with Gasteiger partial charge in [0.25, 0.3) is 0 Å². The van der Waals surface area contributed by atoms with Crippen molar-refractivity contribution in [2.24, 2.45) is 0 Å². The smallest absolute Gasteiger partial charge is 0.220 e. The van der Waals surface area contributed by atoms with E-state index in [0.29, 0.717) is 36.3 Å². The molecule has 134 valence electrons. The molecule has 0 aliphatic carbocycles. The highest BCUT2D eigenvalue weighted by Gasteiger charge is 2.23. The summed E-state index contributed by atoms with van der Waals surface area (Å²) in [5.41, 5.74) is 0.453. The maximum absolute atomic E-state index is 13.7. The van der Waals surface area contributed by atoms with Crippen molar-refractivity contribution in [3.05, 3.63) is 34.1 Å². The van der Waals surface area contributed by atoms with Gasteiger partial charge in [-0.3, -0.25) is 4.79 Å². The minimum atomic E-state index is -3.38. The molecule has 1 amide bonds. The Labute approximate surface area is 149 Å². The highest BCUT2D eigenvalue weighted by atomic mass is 79.9. The number of rotatable bonds is 7. The second-order valence-electron chi connectivity index (χ2n) is 5.41. The molecule has 1 heterocycles. The molecule has 1 aromatic carbocycles. The van der Waals surface area contributed by atoms with Gasteiger partial charge in [0.15, 0.2) is 0 Å². The van der Waals surface area contributed by atoms with Crippen LogP contribution in [0.15, 0.2) is 22.7 Å². The van der Waals surface area contributed by atoms with Crippen LogP contribution in [-0.2, 0) is 26.0 Å². The lowest BCUT2D eigenvalue weighted by Crippen LogP contribution is -2.43. The molecule has 9 heteroatoms. The number of nitrogens with one attached hydrogen (secondary N) is 1. The van der Waals surface area contributed by atoms with Crippen molar-refractivity contribution in [2.45, 2.75) is 12.8 Å². The van der Waals surface area contributed by atoms with E-state index in [4.69, 9.17) is 4.74 Å². The van der Waals surface area contributed by atoms with Crippen LogP contribution < -0.4 is 5.32 Å². The molecule has 1 saturated heterocycles. The van der Waals surface area contributed by atoms with Crippen molar-refractivity contribution in [3.63, 3.8) is 0 Å². The lowest BCUT2D eigenvalue weighted by Gasteiger charge is -2.26. The summed E-state index contributed by atoms with van der Waals surface area (Å²) < 4.78 is 45.0. The largest absolute Gasteiger partial charge is 0.379 e. The van der Waals surface area contributed by atoms with Gasteiger partial charge in [-0.05, 0) is 24.1 Å². The fourth-order valence-corrected chi connectivity index (χ4v) is 3.99. The van der Waals surface area contributed by atoms with Crippen LogP contribution in [0, 0.1) is 5.82 Å². The van der Waals surface area contributed by atoms with Crippen LogP contribution in [0.5, 0.6) is 0 Å². The van der Waals surface area contributed by atoms with Gasteiger partial charge in [0.05, 0.1) is 19.0 Å². The number of nitrogens with zero attached hydrogens (tertiary/aromatic N) is 1. The average molecular weight is 423 g/mol. The SMILES string of the molecule is O=C(CCc1ccc(Br)cc1F)NCCS(=O)(=O)N1CCOCC1. The zero-order chi connectivity index (χ0) is 17.6. The van der Waals surface area contributed by atoms with Crippen LogP contribution in [0.4, 0.5) is 4.39 Å². The molecule has 0 unspecified atom stereocenters. The number of amides is 1. The Hall–Kier alpha value is -1.03. The number of ether oxygens (including phenoxy) is 1. The molecule has 1 aliphatic rings. The summed E-state index contributed by atoms with van der Waals surface area (Å²) in [5.74, 6) is -0.813. The minimum absolute atomic E-state index is 0.0430. The van der Waals surface area contributed by atoms with Crippen LogP contribution in [0.1, 0.15) is 12.0 Å². The van der Waals surface area contributed by atoms with E-state index in [2.05, 4.69) is 21.2 Å². The molecule has 1 fully saturated rings. The van der Waals surface area contributed by atoms with Gasteiger partial charge in [-0.1, -0.05) is 22.0 Å². The molecule has 0 spiro atoms. The normalized spacial score (nSPS) is 16.1. The van der Waals surface area contributed by atoms with Gasteiger partial charge in [0, 0.05) is 30.5 Å². The third-order valence-electron chi connectivity index (χ3n) is 3.68. The Balaban J connectivity index is 1.73. The van der Waals surface area contributed by atoms with E-state index < -0.39 is 10.0 Å². The number of morpholine rings is 1. The molecular formula is C15H20BrFN2O4S. The number of hydrogen-bond donors (Lipinski definition) is 1. The number of carbonyl (C=O) groups excluding carboxylic acids is 1. The van der Waals surface area contributed by atoms with Crippen LogP contribution in [0.3, 0.4) is 0 Å². The van der Waals surface area contributed by atoms with E-state index in [0.717, 1.165) is 0 Å². The monoisotopic (exact) mass is 422 g/mol. The predicted octanol–water partition coefficient (Wildman–Crippen LogP) is 1.30. The second kappa shape index (κ2) is 8.89. The Morgan fingerprint density at radius 1 is 1.33 bits per heavy atom. The maximum Gasteiger partial charge on any atom is 0.220 e. The number of halogens is 2. The molecule has 0 bridgehead atoms. The van der Waals surface area contributed by atoms with Gasteiger partial charge >= 0.3 is 0 Å². The Bertz CT molecular complexity index is 678. The zero-order valence-corrected chi connectivity index (χ0v) is 15.5. The highest BCUT2D eigenvalue weighted by Crippen LogP contribution is 2.16. The summed E-state index contributed by atoms with van der Waals surface area (Å²) in [5, 5.41) is 2.57. The van der Waals surface area contributed by atoms with E-state index in [9.17, 15) is 17.6 Å². The van der Waals surface area contributed by atoms with Crippen LogP contribution in [0.25, 0.3) is 0 Å². The quantitative estimate of drug-likeness (QED) is 0.718. The number of sulfonamides is 1. The molecule has 1 aliphatic heterocycles. The van der Waals surface area contributed by atoms with E-state index in [1.54, 1.807) is 12.1 Å². The van der Waals surface area contributed by atoms with E-state index in [1.165, 1.54) is 10.4 Å². The van der Waals surface area contributed by atoms with Gasteiger partial charge in [0.2, 0.25) is 15.9 Å². The first kappa shape index (κ1) is 19.3. The van der Waals surface area contributed by atoms with Crippen molar-refractivity contribution in [1.82, 2.24) is 9.62 Å². The summed E-state index contributed by atoms with van der Waals surface area (Å²) in [6.45, 7) is 1.52. The van der Waals surface area contributed by atoms with Crippen molar-refractivity contribution in [2.75, 3.05) is 38.6 Å². The molecule has 0 radical (unpaired) electrons. The predicted molar refractivity (Wildman–Crippen MR) is 91.6 cm³/mol. The van der Waals surface area contributed by atoms with Crippen LogP contribution in [0.2, 0.25) is 0 Å². The molecular weight excluding hydrogens is 403 g/mol. The fraction of sp³-hybridized carbons (Fsp3) is 0.533. The van der Waals surface area contributed by atoms with Gasteiger partial charge < -0.3 is 10.1 Å². The van der Waals surface area contributed by atoms with Gasteiger partial charge in [-0.2, -0.15) is 4.31 Å². The van der Waals surface area contributed by atoms with Crippen LogP contribution >= 0.6 is 15.9 Å². The first-order valence-electron chi connectivity index (χ1n) is 7.65. The average Bonchev–Trinajstić information content (AvgIpc) is 2.55. The Morgan fingerprint density at radius 3 is 2.71 bits per heavy atom. The number of hydrogen-bond acceptors (Lipinski definition) is 4. The van der Waals surface area contributed by atoms with Crippen molar-refractivity contribution < 1.29 is 22.3 Å². The second-order valence-corrected chi connectivity index (χ2v) is 8.42. The molecule has 1 aromatic rings. The van der Waals surface area contributed by atoms with Gasteiger partial charge in [-0.25, -0.2) is 12.8 Å². The lowest BCUT2D eigenvalue weighted by atomic mass is 10.1. The maximum atomic E-state index is 13.7. The van der Waals surface area contributed by atoms with E-state index in [-0.39, 0.29) is 36.9 Å². The van der Waals surface area contributed by atoms with Crippen molar-refractivity contribution in [3.8, 4) is 0 Å². The minimum Gasteiger partial charge on any atom is -0.379 e. The highest BCUT2D eigenvalue weighted by molar-refractivity contribution is 9.10. The summed E-state index contributed by atoms with van der Waals surface area (Å²) >= 11 is 3.17.